The fourth-order valence-electron chi connectivity index (χ4n) is 2.89. The van der Waals surface area contributed by atoms with Gasteiger partial charge in [-0.1, -0.05) is 65.2 Å². The number of aryl methyl sites for hydroxylation is 1. The van der Waals surface area contributed by atoms with Gasteiger partial charge >= 0.3 is 5.69 Å². The molecule has 1 N–H and O–H groups in total. The van der Waals surface area contributed by atoms with Gasteiger partial charge in [-0.15, -0.1) is 0 Å². The molecule has 0 spiro atoms. The summed E-state index contributed by atoms with van der Waals surface area (Å²) in [6, 6.07) is 0.219. The molecule has 0 aliphatic rings. The molecule has 0 aliphatic heterocycles. The highest BCUT2D eigenvalue weighted by Gasteiger charge is 2.13. The molecule has 1 aromatic heterocycles. The largest absolute Gasteiger partial charge is 0.328 e. The Morgan fingerprint density at radius 2 is 1.50 bits per heavy atom. The minimum Gasteiger partial charge on any atom is -0.297 e. The van der Waals surface area contributed by atoms with Gasteiger partial charge in [-0.3, -0.25) is 14.3 Å². The smallest absolute Gasteiger partial charge is 0.297 e. The second-order valence-electron chi connectivity index (χ2n) is 6.33. The molecule has 4 heteroatoms. The minimum absolute atomic E-state index is 0.219. The standard InChI is InChI=1S/C18H32N2O2/c1-4-6-8-9-11-13-16(12-10-7-5-2)20-14-15(3)17(21)19-18(20)22/h14,16H,4-13H2,1-3H3,(H,19,21,22). The zero-order valence-corrected chi connectivity index (χ0v) is 14.5. The van der Waals surface area contributed by atoms with Crippen LogP contribution in [0.4, 0.5) is 0 Å². The van der Waals surface area contributed by atoms with Crippen LogP contribution in [0.3, 0.4) is 0 Å². The van der Waals surface area contributed by atoms with Crippen molar-refractivity contribution in [3.05, 3.63) is 32.6 Å². The maximum Gasteiger partial charge on any atom is 0.328 e. The third-order valence-electron chi connectivity index (χ3n) is 4.32. The molecule has 1 rings (SSSR count). The van der Waals surface area contributed by atoms with Crippen molar-refractivity contribution in [1.29, 1.82) is 0 Å². The van der Waals surface area contributed by atoms with E-state index in [1.165, 1.54) is 38.5 Å². The number of nitrogens with zero attached hydrogens (tertiary/aromatic N) is 1. The van der Waals surface area contributed by atoms with Gasteiger partial charge in [0.05, 0.1) is 0 Å². The molecular weight excluding hydrogens is 276 g/mol. The van der Waals surface area contributed by atoms with Crippen molar-refractivity contribution in [3.8, 4) is 0 Å². The molecule has 1 aromatic rings. The third-order valence-corrected chi connectivity index (χ3v) is 4.32. The fourth-order valence-corrected chi connectivity index (χ4v) is 2.89. The Bertz CT molecular complexity index is 531. The first kappa shape index (κ1) is 18.7. The van der Waals surface area contributed by atoms with Gasteiger partial charge in [0.1, 0.15) is 0 Å². The van der Waals surface area contributed by atoms with Crippen molar-refractivity contribution >= 4 is 0 Å². The Morgan fingerprint density at radius 1 is 0.955 bits per heavy atom. The van der Waals surface area contributed by atoms with Gasteiger partial charge in [0.15, 0.2) is 0 Å². The summed E-state index contributed by atoms with van der Waals surface area (Å²) < 4.78 is 1.76. The maximum absolute atomic E-state index is 12.1. The van der Waals surface area contributed by atoms with Crippen LogP contribution in [-0.4, -0.2) is 9.55 Å². The first-order valence-electron chi connectivity index (χ1n) is 8.92. The molecule has 0 radical (unpaired) electrons. The molecule has 0 amide bonds. The van der Waals surface area contributed by atoms with Gasteiger partial charge in [0.25, 0.3) is 5.56 Å². The summed E-state index contributed by atoms with van der Waals surface area (Å²) in [7, 11) is 0. The lowest BCUT2D eigenvalue weighted by molar-refractivity contribution is 0.383. The van der Waals surface area contributed by atoms with Crippen LogP contribution in [0.25, 0.3) is 0 Å². The molecule has 0 saturated carbocycles. The highest BCUT2D eigenvalue weighted by molar-refractivity contribution is 5.01. The molecule has 0 aliphatic carbocycles. The number of hydrogen-bond donors (Lipinski definition) is 1. The summed E-state index contributed by atoms with van der Waals surface area (Å²) in [4.78, 5) is 26.1. The van der Waals surface area contributed by atoms with Crippen LogP contribution in [0.5, 0.6) is 0 Å². The lowest BCUT2D eigenvalue weighted by Crippen LogP contribution is -2.33. The second-order valence-corrected chi connectivity index (χ2v) is 6.33. The van der Waals surface area contributed by atoms with E-state index in [9.17, 15) is 9.59 Å². The van der Waals surface area contributed by atoms with Crippen molar-refractivity contribution in [2.75, 3.05) is 0 Å². The van der Waals surface area contributed by atoms with Gasteiger partial charge in [-0.25, -0.2) is 4.79 Å². The lowest BCUT2D eigenvalue weighted by Gasteiger charge is -2.20. The van der Waals surface area contributed by atoms with E-state index in [2.05, 4.69) is 18.8 Å². The van der Waals surface area contributed by atoms with E-state index in [-0.39, 0.29) is 17.3 Å². The van der Waals surface area contributed by atoms with Crippen LogP contribution in [0, 0.1) is 6.92 Å². The van der Waals surface area contributed by atoms with Crippen LogP contribution >= 0.6 is 0 Å². The van der Waals surface area contributed by atoms with Gasteiger partial charge in [-0.05, 0) is 19.8 Å². The highest BCUT2D eigenvalue weighted by atomic mass is 16.2. The summed E-state index contributed by atoms with van der Waals surface area (Å²) in [6.45, 7) is 6.17. The topological polar surface area (TPSA) is 54.9 Å². The first-order chi connectivity index (χ1) is 10.6. The van der Waals surface area contributed by atoms with Gasteiger partial charge in [0.2, 0.25) is 0 Å². The molecule has 1 heterocycles. The van der Waals surface area contributed by atoms with Crippen LogP contribution in [-0.2, 0) is 0 Å². The molecule has 0 bridgehead atoms. The Balaban J connectivity index is 2.74. The molecule has 22 heavy (non-hydrogen) atoms. The van der Waals surface area contributed by atoms with Crippen molar-refractivity contribution < 1.29 is 0 Å². The summed E-state index contributed by atoms with van der Waals surface area (Å²) in [6.07, 6.45) is 13.5. The Labute approximate surface area is 134 Å². The average Bonchev–Trinajstić information content (AvgIpc) is 2.49. The van der Waals surface area contributed by atoms with Gasteiger partial charge < -0.3 is 0 Å². The number of H-pyrrole nitrogens is 1. The third kappa shape index (κ3) is 6.20. The predicted molar refractivity (Wildman–Crippen MR) is 92.6 cm³/mol. The van der Waals surface area contributed by atoms with E-state index in [4.69, 9.17) is 0 Å². The van der Waals surface area contributed by atoms with Crippen molar-refractivity contribution in [2.45, 2.75) is 91.0 Å². The molecule has 1 unspecified atom stereocenters. The number of unbranched alkanes of at least 4 members (excludes halogenated alkanes) is 6. The zero-order chi connectivity index (χ0) is 16.4. The summed E-state index contributed by atoms with van der Waals surface area (Å²) in [5.74, 6) is 0. The number of rotatable bonds is 11. The fraction of sp³-hybridized carbons (Fsp3) is 0.778. The lowest BCUT2D eigenvalue weighted by atomic mass is 10.0. The molecule has 1 atom stereocenters. The molecule has 4 nitrogen and oxygen atoms in total. The molecule has 126 valence electrons. The van der Waals surface area contributed by atoms with Crippen molar-refractivity contribution in [1.82, 2.24) is 9.55 Å². The Morgan fingerprint density at radius 3 is 2.14 bits per heavy atom. The Hall–Kier alpha value is -1.32. The number of nitrogens with one attached hydrogen (secondary N) is 1. The van der Waals surface area contributed by atoms with E-state index in [0.717, 1.165) is 25.7 Å². The quantitative estimate of drug-likeness (QED) is 0.619. The van der Waals surface area contributed by atoms with E-state index >= 15 is 0 Å². The van der Waals surface area contributed by atoms with Crippen LogP contribution in [0.15, 0.2) is 15.8 Å². The van der Waals surface area contributed by atoms with E-state index in [1.54, 1.807) is 17.7 Å². The molecule has 0 saturated heterocycles. The van der Waals surface area contributed by atoms with Crippen LogP contribution < -0.4 is 11.2 Å². The van der Waals surface area contributed by atoms with Crippen molar-refractivity contribution in [3.63, 3.8) is 0 Å². The summed E-state index contributed by atoms with van der Waals surface area (Å²) in [5, 5.41) is 0. The summed E-state index contributed by atoms with van der Waals surface area (Å²) in [5.41, 5.74) is 0.0910. The zero-order valence-electron chi connectivity index (χ0n) is 14.5. The predicted octanol–water partition coefficient (Wildman–Crippen LogP) is 4.33. The van der Waals surface area contributed by atoms with E-state index < -0.39 is 0 Å². The second kappa shape index (κ2) is 10.4. The highest BCUT2D eigenvalue weighted by Crippen LogP contribution is 2.21. The average molecular weight is 308 g/mol. The number of hydrogen-bond acceptors (Lipinski definition) is 2. The maximum atomic E-state index is 12.1. The normalized spacial score (nSPS) is 12.5. The van der Waals surface area contributed by atoms with Crippen LogP contribution in [0.1, 0.15) is 89.7 Å². The van der Waals surface area contributed by atoms with Crippen molar-refractivity contribution in [2.24, 2.45) is 0 Å². The van der Waals surface area contributed by atoms with Gasteiger partial charge in [0, 0.05) is 17.8 Å². The minimum atomic E-state index is -0.267. The SMILES string of the molecule is CCCCCCCC(CCCCC)n1cc(C)c(=O)[nH]c1=O. The monoisotopic (exact) mass is 308 g/mol. The Kier molecular flexibility index (Phi) is 8.86. The molecule has 0 fully saturated rings. The molecular formula is C18H32N2O2. The number of aromatic nitrogens is 2. The number of aromatic amines is 1. The van der Waals surface area contributed by atoms with Gasteiger partial charge in [-0.2, -0.15) is 0 Å². The first-order valence-corrected chi connectivity index (χ1v) is 8.92. The van der Waals surface area contributed by atoms with E-state index in [1.807, 2.05) is 0 Å². The van der Waals surface area contributed by atoms with E-state index in [0.29, 0.717) is 5.56 Å². The summed E-state index contributed by atoms with van der Waals surface area (Å²) >= 11 is 0. The van der Waals surface area contributed by atoms with Crippen LogP contribution in [0.2, 0.25) is 0 Å². The molecule has 0 aromatic carbocycles.